The van der Waals surface area contributed by atoms with Crippen molar-refractivity contribution in [3.05, 3.63) is 35.9 Å². The Balaban J connectivity index is 2.09. The van der Waals surface area contributed by atoms with E-state index in [-0.39, 0.29) is 6.61 Å². The van der Waals surface area contributed by atoms with Crippen molar-refractivity contribution in [2.75, 3.05) is 6.61 Å². The maximum absolute atomic E-state index is 12.0. The van der Waals surface area contributed by atoms with Crippen LogP contribution in [0.4, 0.5) is 4.79 Å². The summed E-state index contributed by atoms with van der Waals surface area (Å²) in [7, 11) is 0. The average Bonchev–Trinajstić information content (AvgIpc) is 2.79. The van der Waals surface area contributed by atoms with Crippen LogP contribution in [0.3, 0.4) is 0 Å². The third-order valence-electron chi connectivity index (χ3n) is 3.17. The van der Waals surface area contributed by atoms with Crippen LogP contribution in [0.15, 0.2) is 30.3 Å². The topological polar surface area (TPSA) is 104 Å². The van der Waals surface area contributed by atoms with Crippen LogP contribution in [0.25, 0.3) is 0 Å². The highest BCUT2D eigenvalue weighted by molar-refractivity contribution is 5.97. The maximum Gasteiger partial charge on any atom is 0.417 e. The zero-order valence-electron chi connectivity index (χ0n) is 11.1. The highest BCUT2D eigenvalue weighted by Gasteiger charge is 2.40. The number of benzene rings is 1. The van der Waals surface area contributed by atoms with Gasteiger partial charge in [-0.05, 0) is 12.0 Å². The number of rotatable bonds is 5. The standard InChI is InChI=1S/C14H15NO6/c16-11(7-12(17)18)13(19)15-10(8-21-14(15)20)6-9-4-2-1-3-5-9/h1-5,10-11,16H,6-8H2,(H,17,18)/t10-,11-/m0/s1. The van der Waals surface area contributed by atoms with Gasteiger partial charge in [-0.15, -0.1) is 0 Å². The lowest BCUT2D eigenvalue weighted by atomic mass is 10.1. The normalized spacial score (nSPS) is 19.2. The van der Waals surface area contributed by atoms with E-state index in [9.17, 15) is 19.5 Å². The van der Waals surface area contributed by atoms with Gasteiger partial charge in [0.05, 0.1) is 12.5 Å². The van der Waals surface area contributed by atoms with Crippen molar-refractivity contribution in [2.45, 2.75) is 25.0 Å². The van der Waals surface area contributed by atoms with Crippen LogP contribution < -0.4 is 0 Å². The summed E-state index contributed by atoms with van der Waals surface area (Å²) < 4.78 is 4.83. The number of ether oxygens (including phenoxy) is 1. The number of nitrogens with zero attached hydrogens (tertiary/aromatic N) is 1. The van der Waals surface area contributed by atoms with Crippen LogP contribution in [0.1, 0.15) is 12.0 Å². The molecule has 0 aliphatic carbocycles. The van der Waals surface area contributed by atoms with E-state index >= 15 is 0 Å². The third kappa shape index (κ3) is 3.57. The van der Waals surface area contributed by atoms with Crippen molar-refractivity contribution in [1.82, 2.24) is 4.90 Å². The molecular weight excluding hydrogens is 278 g/mol. The van der Waals surface area contributed by atoms with Crippen LogP contribution in [0, 0.1) is 0 Å². The Labute approximate surface area is 120 Å². The van der Waals surface area contributed by atoms with Crippen LogP contribution in [0.2, 0.25) is 0 Å². The van der Waals surface area contributed by atoms with Crippen molar-refractivity contribution >= 4 is 18.0 Å². The molecule has 1 aromatic carbocycles. The molecule has 1 aliphatic rings. The average molecular weight is 293 g/mol. The fourth-order valence-corrected chi connectivity index (χ4v) is 2.18. The lowest BCUT2D eigenvalue weighted by Crippen LogP contribution is -2.46. The number of hydrogen-bond acceptors (Lipinski definition) is 5. The summed E-state index contributed by atoms with van der Waals surface area (Å²) in [6, 6.07) is 8.66. The molecule has 1 heterocycles. The van der Waals surface area contributed by atoms with Gasteiger partial charge in [-0.1, -0.05) is 30.3 Å². The van der Waals surface area contributed by atoms with Gasteiger partial charge < -0.3 is 14.9 Å². The summed E-state index contributed by atoms with van der Waals surface area (Å²) in [5.41, 5.74) is 0.909. The molecule has 1 aliphatic heterocycles. The number of aliphatic hydroxyl groups excluding tert-OH is 1. The van der Waals surface area contributed by atoms with E-state index in [0.29, 0.717) is 6.42 Å². The summed E-state index contributed by atoms with van der Waals surface area (Å²) in [4.78, 5) is 35.0. The number of aliphatic carboxylic acids is 1. The molecule has 7 nitrogen and oxygen atoms in total. The van der Waals surface area contributed by atoms with E-state index in [0.717, 1.165) is 10.5 Å². The predicted octanol–water partition coefficient (Wildman–Crippen LogP) is 0.412. The number of carboxylic acids is 1. The van der Waals surface area contributed by atoms with Gasteiger partial charge >= 0.3 is 12.1 Å². The van der Waals surface area contributed by atoms with Gasteiger partial charge in [0.2, 0.25) is 0 Å². The molecule has 112 valence electrons. The number of cyclic esters (lactones) is 1. The SMILES string of the molecule is O=C(O)C[C@H](O)C(=O)N1C(=O)OC[C@@H]1Cc1ccccc1. The lowest BCUT2D eigenvalue weighted by molar-refractivity contribution is -0.147. The second-order valence-electron chi connectivity index (χ2n) is 4.74. The Morgan fingerprint density at radius 3 is 2.62 bits per heavy atom. The molecule has 0 bridgehead atoms. The van der Waals surface area contributed by atoms with Crippen molar-refractivity contribution < 1.29 is 29.3 Å². The van der Waals surface area contributed by atoms with Gasteiger partial charge in [0.25, 0.3) is 5.91 Å². The lowest BCUT2D eigenvalue weighted by Gasteiger charge is -2.21. The molecule has 0 spiro atoms. The zero-order valence-corrected chi connectivity index (χ0v) is 11.1. The van der Waals surface area contributed by atoms with E-state index in [1.54, 1.807) is 0 Å². The van der Waals surface area contributed by atoms with Gasteiger partial charge in [0.1, 0.15) is 12.7 Å². The highest BCUT2D eigenvalue weighted by atomic mass is 16.6. The largest absolute Gasteiger partial charge is 0.481 e. The van der Waals surface area contributed by atoms with E-state index in [4.69, 9.17) is 9.84 Å². The fourth-order valence-electron chi connectivity index (χ4n) is 2.18. The molecular formula is C14H15NO6. The minimum absolute atomic E-state index is 0.0270. The van der Waals surface area contributed by atoms with Gasteiger partial charge in [-0.2, -0.15) is 0 Å². The monoisotopic (exact) mass is 293 g/mol. The second-order valence-corrected chi connectivity index (χ2v) is 4.74. The summed E-state index contributed by atoms with van der Waals surface area (Å²) in [6.45, 7) is 0.0270. The molecule has 0 radical (unpaired) electrons. The van der Waals surface area contributed by atoms with Crippen molar-refractivity contribution in [1.29, 1.82) is 0 Å². The quantitative estimate of drug-likeness (QED) is 0.815. The van der Waals surface area contributed by atoms with Gasteiger partial charge in [0.15, 0.2) is 0 Å². The molecule has 0 unspecified atom stereocenters. The number of carboxylic acid groups (broad SMARTS) is 1. The smallest absolute Gasteiger partial charge is 0.417 e. The Hall–Kier alpha value is -2.41. The van der Waals surface area contributed by atoms with Crippen LogP contribution in [-0.4, -0.2) is 51.8 Å². The minimum atomic E-state index is -1.76. The van der Waals surface area contributed by atoms with Gasteiger partial charge in [-0.3, -0.25) is 9.59 Å². The molecule has 2 N–H and O–H groups in total. The first-order chi connectivity index (χ1) is 9.99. The number of amides is 2. The molecule has 1 aromatic rings. The van der Waals surface area contributed by atoms with Crippen LogP contribution in [0.5, 0.6) is 0 Å². The number of carbonyl (C=O) groups excluding carboxylic acids is 2. The van der Waals surface area contributed by atoms with E-state index in [1.807, 2.05) is 30.3 Å². The minimum Gasteiger partial charge on any atom is -0.481 e. The summed E-state index contributed by atoms with van der Waals surface area (Å²) in [5, 5.41) is 18.2. The molecule has 2 atom stereocenters. The first kappa shape index (κ1) is 15.0. The highest BCUT2D eigenvalue weighted by Crippen LogP contribution is 2.19. The van der Waals surface area contributed by atoms with Crippen molar-refractivity contribution in [3.63, 3.8) is 0 Å². The molecule has 21 heavy (non-hydrogen) atoms. The Kier molecular flexibility index (Phi) is 4.54. The molecule has 2 amide bonds. The number of hydrogen-bond donors (Lipinski definition) is 2. The fraction of sp³-hybridized carbons (Fsp3) is 0.357. The van der Waals surface area contributed by atoms with Crippen LogP contribution >= 0.6 is 0 Å². The van der Waals surface area contributed by atoms with Crippen molar-refractivity contribution in [2.24, 2.45) is 0 Å². The molecule has 7 heteroatoms. The van der Waals surface area contributed by atoms with E-state index < -0.39 is 36.5 Å². The zero-order chi connectivity index (χ0) is 15.4. The van der Waals surface area contributed by atoms with Crippen LogP contribution in [-0.2, 0) is 20.7 Å². The number of carbonyl (C=O) groups is 3. The molecule has 0 aromatic heterocycles. The summed E-state index contributed by atoms with van der Waals surface area (Å²) in [6.07, 6.45) is -2.98. The molecule has 1 saturated heterocycles. The summed E-state index contributed by atoms with van der Waals surface area (Å²) in [5.74, 6) is -2.26. The van der Waals surface area contributed by atoms with Gasteiger partial charge in [0, 0.05) is 0 Å². The second kappa shape index (κ2) is 6.36. The van der Waals surface area contributed by atoms with Crippen molar-refractivity contribution in [3.8, 4) is 0 Å². The van der Waals surface area contributed by atoms with E-state index in [2.05, 4.69) is 0 Å². The molecule has 2 rings (SSSR count). The summed E-state index contributed by atoms with van der Waals surface area (Å²) >= 11 is 0. The van der Waals surface area contributed by atoms with E-state index in [1.165, 1.54) is 0 Å². The maximum atomic E-state index is 12.0. The molecule has 0 saturated carbocycles. The Bertz CT molecular complexity index is 544. The Morgan fingerprint density at radius 2 is 2.00 bits per heavy atom. The number of imide groups is 1. The first-order valence-electron chi connectivity index (χ1n) is 6.42. The van der Waals surface area contributed by atoms with Gasteiger partial charge in [-0.25, -0.2) is 9.69 Å². The predicted molar refractivity (Wildman–Crippen MR) is 70.4 cm³/mol. The first-order valence-corrected chi connectivity index (χ1v) is 6.42. The molecule has 1 fully saturated rings. The Morgan fingerprint density at radius 1 is 1.33 bits per heavy atom. The number of aliphatic hydroxyl groups is 1. The third-order valence-corrected chi connectivity index (χ3v) is 3.17.